The van der Waals surface area contributed by atoms with E-state index in [-0.39, 0.29) is 19.2 Å². The maximum atomic E-state index is 12.5. The first kappa shape index (κ1) is 23.3. The number of methoxy groups -OCH3 is 2. The Kier molecular flexibility index (Phi) is 7.93. The van der Waals surface area contributed by atoms with Crippen LogP contribution in [0.3, 0.4) is 0 Å². The van der Waals surface area contributed by atoms with Gasteiger partial charge in [-0.25, -0.2) is 8.42 Å². The Morgan fingerprint density at radius 3 is 2.30 bits per heavy atom. The van der Waals surface area contributed by atoms with Crippen molar-refractivity contribution in [3.05, 3.63) is 48.0 Å². The largest absolute Gasteiger partial charge is 0.495 e. The third-order valence-electron chi connectivity index (χ3n) is 4.12. The highest BCUT2D eigenvalue weighted by molar-refractivity contribution is 7.92. The highest BCUT2D eigenvalue weighted by atomic mass is 32.2. The molecule has 30 heavy (non-hydrogen) atoms. The zero-order valence-corrected chi connectivity index (χ0v) is 18.7. The number of rotatable bonds is 10. The minimum Gasteiger partial charge on any atom is -0.495 e. The Bertz CT molecular complexity index is 975. The second-order valence-electron chi connectivity index (χ2n) is 6.87. The van der Waals surface area contributed by atoms with Gasteiger partial charge in [-0.2, -0.15) is 0 Å². The molecule has 9 heteroatoms. The van der Waals surface area contributed by atoms with Crippen molar-refractivity contribution in [2.75, 3.05) is 31.3 Å². The Balaban J connectivity index is 2.11. The van der Waals surface area contributed by atoms with Crippen molar-refractivity contribution in [1.29, 1.82) is 0 Å². The van der Waals surface area contributed by atoms with Crippen molar-refractivity contribution in [2.45, 2.75) is 26.5 Å². The van der Waals surface area contributed by atoms with E-state index in [0.717, 1.165) is 16.1 Å². The molecule has 0 aliphatic rings. The summed E-state index contributed by atoms with van der Waals surface area (Å²) in [6, 6.07) is 12.0. The fraction of sp³-hybridized carbons (Fsp3) is 0.381. The van der Waals surface area contributed by atoms with Gasteiger partial charge in [0, 0.05) is 6.54 Å². The molecule has 2 rings (SSSR count). The number of hydrogen-bond donors (Lipinski definition) is 1. The van der Waals surface area contributed by atoms with Gasteiger partial charge in [-0.1, -0.05) is 18.2 Å². The van der Waals surface area contributed by atoms with E-state index >= 15 is 0 Å². The van der Waals surface area contributed by atoms with E-state index in [0.29, 0.717) is 22.9 Å². The van der Waals surface area contributed by atoms with Crippen LogP contribution in [0.25, 0.3) is 0 Å². The van der Waals surface area contributed by atoms with E-state index in [1.54, 1.807) is 43.5 Å². The van der Waals surface area contributed by atoms with Crippen LogP contribution in [0.4, 0.5) is 5.69 Å². The summed E-state index contributed by atoms with van der Waals surface area (Å²) in [6.45, 7) is 3.68. The van der Waals surface area contributed by atoms with Gasteiger partial charge in [-0.05, 0) is 43.7 Å². The number of sulfonamides is 1. The zero-order valence-electron chi connectivity index (χ0n) is 17.8. The molecular weight excluding hydrogens is 408 g/mol. The average Bonchev–Trinajstić information content (AvgIpc) is 2.70. The summed E-state index contributed by atoms with van der Waals surface area (Å²) >= 11 is 0. The number of ether oxygens (including phenoxy) is 3. The van der Waals surface area contributed by atoms with Gasteiger partial charge in [0.15, 0.2) is 11.5 Å². The second-order valence-corrected chi connectivity index (χ2v) is 8.78. The Morgan fingerprint density at radius 2 is 1.70 bits per heavy atom. The standard InChI is InChI=1S/C21H28N2O6S/c1-15(2)29-19-11-10-16(12-20(19)28-4)13-22-21(24)14-23(30(5,25)26)17-8-6-7-9-18(17)27-3/h6-12,15H,13-14H2,1-5H3,(H,22,24). The summed E-state index contributed by atoms with van der Waals surface area (Å²) in [5.41, 5.74) is 1.09. The van der Waals surface area contributed by atoms with Gasteiger partial charge in [0.2, 0.25) is 15.9 Å². The average molecular weight is 437 g/mol. The smallest absolute Gasteiger partial charge is 0.241 e. The van der Waals surface area contributed by atoms with Gasteiger partial charge in [0.25, 0.3) is 0 Å². The van der Waals surface area contributed by atoms with E-state index in [2.05, 4.69) is 5.32 Å². The fourth-order valence-corrected chi connectivity index (χ4v) is 3.64. The Labute approximate surface area is 177 Å². The maximum absolute atomic E-state index is 12.5. The zero-order chi connectivity index (χ0) is 22.3. The van der Waals surface area contributed by atoms with Crippen LogP contribution in [0.2, 0.25) is 0 Å². The maximum Gasteiger partial charge on any atom is 0.241 e. The van der Waals surface area contributed by atoms with E-state index < -0.39 is 15.9 Å². The number of nitrogens with zero attached hydrogens (tertiary/aromatic N) is 1. The molecule has 0 saturated heterocycles. The highest BCUT2D eigenvalue weighted by Gasteiger charge is 2.23. The van der Waals surface area contributed by atoms with Crippen molar-refractivity contribution < 1.29 is 27.4 Å². The molecule has 8 nitrogen and oxygen atoms in total. The Hall–Kier alpha value is -2.94. The van der Waals surface area contributed by atoms with Crippen molar-refractivity contribution in [1.82, 2.24) is 5.32 Å². The number of nitrogens with one attached hydrogen (secondary N) is 1. The minimum absolute atomic E-state index is 0.00130. The van der Waals surface area contributed by atoms with Crippen molar-refractivity contribution >= 4 is 21.6 Å². The molecule has 0 radical (unpaired) electrons. The normalized spacial score (nSPS) is 11.1. The summed E-state index contributed by atoms with van der Waals surface area (Å²) in [5.74, 6) is 1.08. The number of carbonyl (C=O) groups excluding carboxylic acids is 1. The molecule has 0 fully saturated rings. The lowest BCUT2D eigenvalue weighted by Gasteiger charge is -2.23. The molecule has 0 unspecified atom stereocenters. The number of para-hydroxylation sites is 2. The molecule has 0 saturated carbocycles. The molecule has 2 aromatic carbocycles. The van der Waals surface area contributed by atoms with E-state index in [9.17, 15) is 13.2 Å². The molecule has 0 aliphatic heterocycles. The second kappa shape index (κ2) is 10.2. The molecule has 0 spiro atoms. The molecule has 164 valence electrons. The van der Waals surface area contributed by atoms with Gasteiger partial charge in [0.05, 0.1) is 32.3 Å². The van der Waals surface area contributed by atoms with Crippen LogP contribution < -0.4 is 23.8 Å². The molecule has 0 atom stereocenters. The third kappa shape index (κ3) is 6.28. The molecule has 0 bridgehead atoms. The van der Waals surface area contributed by atoms with E-state index in [1.165, 1.54) is 7.11 Å². The topological polar surface area (TPSA) is 94.2 Å². The number of anilines is 1. The van der Waals surface area contributed by atoms with Gasteiger partial charge >= 0.3 is 0 Å². The monoisotopic (exact) mass is 436 g/mol. The molecule has 0 heterocycles. The SMILES string of the molecule is COc1cc(CNC(=O)CN(c2ccccc2OC)S(C)(=O)=O)ccc1OC(C)C. The molecular formula is C21H28N2O6S. The van der Waals surface area contributed by atoms with Gasteiger partial charge in [0.1, 0.15) is 12.3 Å². The van der Waals surface area contributed by atoms with Gasteiger partial charge < -0.3 is 19.5 Å². The lowest BCUT2D eigenvalue weighted by molar-refractivity contribution is -0.119. The molecule has 0 aromatic heterocycles. The van der Waals surface area contributed by atoms with Crippen molar-refractivity contribution in [3.8, 4) is 17.2 Å². The number of carbonyl (C=O) groups is 1. The first-order valence-electron chi connectivity index (χ1n) is 9.36. The number of benzene rings is 2. The van der Waals surface area contributed by atoms with Crippen molar-refractivity contribution in [2.24, 2.45) is 0 Å². The predicted molar refractivity (Wildman–Crippen MR) is 116 cm³/mol. The first-order valence-corrected chi connectivity index (χ1v) is 11.2. The third-order valence-corrected chi connectivity index (χ3v) is 5.25. The molecule has 1 N–H and O–H groups in total. The minimum atomic E-state index is -3.70. The summed E-state index contributed by atoms with van der Waals surface area (Å²) in [6.07, 6.45) is 1.05. The first-order chi connectivity index (χ1) is 14.2. The lowest BCUT2D eigenvalue weighted by atomic mass is 10.2. The summed E-state index contributed by atoms with van der Waals surface area (Å²) in [4.78, 5) is 12.5. The van der Waals surface area contributed by atoms with E-state index in [1.807, 2.05) is 19.9 Å². The predicted octanol–water partition coefficient (Wildman–Crippen LogP) is 2.57. The summed E-state index contributed by atoms with van der Waals surface area (Å²) < 4.78 is 41.8. The van der Waals surface area contributed by atoms with Crippen LogP contribution in [0, 0.1) is 0 Å². The molecule has 0 aliphatic carbocycles. The van der Waals surface area contributed by atoms with Crippen molar-refractivity contribution in [3.63, 3.8) is 0 Å². The van der Waals surface area contributed by atoms with Crippen LogP contribution in [0.15, 0.2) is 42.5 Å². The quantitative estimate of drug-likeness (QED) is 0.615. The highest BCUT2D eigenvalue weighted by Crippen LogP contribution is 2.30. The summed E-state index contributed by atoms with van der Waals surface area (Å²) in [7, 11) is -0.713. The van der Waals surface area contributed by atoms with Crippen LogP contribution in [-0.2, 0) is 21.4 Å². The van der Waals surface area contributed by atoms with Gasteiger partial charge in [-0.15, -0.1) is 0 Å². The number of hydrogen-bond acceptors (Lipinski definition) is 6. The molecule has 1 amide bonds. The van der Waals surface area contributed by atoms with Crippen LogP contribution in [-0.4, -0.2) is 47.4 Å². The Morgan fingerprint density at radius 1 is 1.03 bits per heavy atom. The van der Waals surface area contributed by atoms with Crippen LogP contribution >= 0.6 is 0 Å². The van der Waals surface area contributed by atoms with E-state index in [4.69, 9.17) is 14.2 Å². The van der Waals surface area contributed by atoms with Crippen LogP contribution in [0.1, 0.15) is 19.4 Å². The fourth-order valence-electron chi connectivity index (χ4n) is 2.78. The lowest BCUT2D eigenvalue weighted by Crippen LogP contribution is -2.40. The van der Waals surface area contributed by atoms with Gasteiger partial charge in [-0.3, -0.25) is 9.10 Å². The number of amides is 1. The summed E-state index contributed by atoms with van der Waals surface area (Å²) in [5, 5.41) is 2.74. The van der Waals surface area contributed by atoms with Crippen LogP contribution in [0.5, 0.6) is 17.2 Å². The molecule has 2 aromatic rings.